The van der Waals surface area contributed by atoms with Crippen LogP contribution in [-0.2, 0) is 16.1 Å². The number of aliphatic carboxylic acids is 1. The number of hydrogen-bond acceptors (Lipinski definition) is 6. The number of fused-ring (bicyclic) bond motifs is 1. The van der Waals surface area contributed by atoms with Gasteiger partial charge in [-0.1, -0.05) is 12.1 Å². The van der Waals surface area contributed by atoms with Crippen LogP contribution >= 0.6 is 0 Å². The molecule has 0 saturated carbocycles. The van der Waals surface area contributed by atoms with E-state index in [1.807, 2.05) is 6.07 Å². The van der Waals surface area contributed by atoms with E-state index in [4.69, 9.17) is 24.1 Å². The molecule has 0 aliphatic carbocycles. The Hall–Kier alpha value is -3.22. The Morgan fingerprint density at radius 1 is 1.08 bits per heavy atom. The van der Waals surface area contributed by atoms with E-state index in [2.05, 4.69) is 0 Å². The first-order valence-corrected chi connectivity index (χ1v) is 7.45. The zero-order chi connectivity index (χ0) is 18.0. The smallest absolute Gasteiger partial charge is 0.341 e. The maximum Gasteiger partial charge on any atom is 0.341 e. The number of carbonyl (C=O) groups excluding carboxylic acids is 1. The molecule has 0 bridgehead atoms. The highest BCUT2D eigenvalue weighted by Crippen LogP contribution is 2.46. The molecule has 25 heavy (non-hydrogen) atoms. The highest BCUT2D eigenvalue weighted by molar-refractivity contribution is 5.96. The fourth-order valence-corrected chi connectivity index (χ4v) is 2.79. The van der Waals surface area contributed by atoms with Crippen LogP contribution in [0.1, 0.15) is 15.9 Å². The molecule has 0 spiro atoms. The van der Waals surface area contributed by atoms with Crippen LogP contribution in [0.5, 0.6) is 17.2 Å². The van der Waals surface area contributed by atoms with Crippen LogP contribution in [0.25, 0.3) is 11.1 Å². The molecule has 2 aromatic carbocycles. The van der Waals surface area contributed by atoms with E-state index in [0.717, 1.165) is 5.56 Å². The van der Waals surface area contributed by atoms with Crippen molar-refractivity contribution in [1.29, 1.82) is 0 Å². The molecule has 0 fully saturated rings. The molecule has 0 amide bonds. The van der Waals surface area contributed by atoms with Gasteiger partial charge >= 0.3 is 11.9 Å². The van der Waals surface area contributed by atoms with Crippen molar-refractivity contribution in [1.82, 2.24) is 0 Å². The molecule has 3 rings (SSSR count). The summed E-state index contributed by atoms with van der Waals surface area (Å²) in [5, 5.41) is 8.95. The van der Waals surface area contributed by atoms with Gasteiger partial charge < -0.3 is 24.1 Å². The summed E-state index contributed by atoms with van der Waals surface area (Å²) in [5.74, 6) is -0.578. The predicted molar refractivity (Wildman–Crippen MR) is 87.2 cm³/mol. The van der Waals surface area contributed by atoms with E-state index in [1.54, 1.807) is 24.3 Å². The third-order valence-electron chi connectivity index (χ3n) is 3.87. The Kier molecular flexibility index (Phi) is 4.47. The Labute approximate surface area is 143 Å². The number of carbonyl (C=O) groups is 2. The normalized spacial score (nSPS) is 12.3. The van der Waals surface area contributed by atoms with Crippen LogP contribution in [0.15, 0.2) is 30.3 Å². The summed E-state index contributed by atoms with van der Waals surface area (Å²) >= 11 is 0. The molecule has 130 valence electrons. The van der Waals surface area contributed by atoms with E-state index in [1.165, 1.54) is 14.2 Å². The van der Waals surface area contributed by atoms with Gasteiger partial charge in [-0.15, -0.1) is 0 Å². The van der Waals surface area contributed by atoms with Crippen molar-refractivity contribution in [3.8, 4) is 28.4 Å². The number of ether oxygens (including phenoxy) is 4. The van der Waals surface area contributed by atoms with Crippen LogP contribution in [-0.4, -0.2) is 37.9 Å². The number of carboxylic acid groups (broad SMARTS) is 1. The van der Waals surface area contributed by atoms with Crippen LogP contribution in [0.3, 0.4) is 0 Å². The molecular formula is C18H16O7. The van der Waals surface area contributed by atoms with Gasteiger partial charge in [0.2, 0.25) is 5.75 Å². The Balaban J connectivity index is 2.19. The van der Waals surface area contributed by atoms with Gasteiger partial charge in [0.25, 0.3) is 0 Å². The molecule has 0 saturated heterocycles. The molecule has 1 aliphatic heterocycles. The summed E-state index contributed by atoms with van der Waals surface area (Å²) in [4.78, 5) is 22.7. The molecule has 0 unspecified atom stereocenters. The third-order valence-corrected chi connectivity index (χ3v) is 3.87. The average Bonchev–Trinajstić information content (AvgIpc) is 3.00. The fraction of sp³-hybridized carbons (Fsp3) is 0.222. The second-order valence-electron chi connectivity index (χ2n) is 5.27. The van der Waals surface area contributed by atoms with Gasteiger partial charge in [0.1, 0.15) is 6.61 Å². The lowest BCUT2D eigenvalue weighted by atomic mass is 9.95. The average molecular weight is 344 g/mol. The van der Waals surface area contributed by atoms with Gasteiger partial charge in [-0.2, -0.15) is 0 Å². The van der Waals surface area contributed by atoms with Gasteiger partial charge in [0, 0.05) is 11.1 Å². The number of benzene rings is 2. The molecule has 1 aliphatic rings. The summed E-state index contributed by atoms with van der Waals surface area (Å²) < 4.78 is 21.2. The molecule has 2 aromatic rings. The minimum atomic E-state index is -1.12. The maximum absolute atomic E-state index is 11.8. The second-order valence-corrected chi connectivity index (χ2v) is 5.27. The predicted octanol–water partition coefficient (Wildman–Crippen LogP) is 2.50. The molecular weight excluding hydrogens is 328 g/mol. The van der Waals surface area contributed by atoms with Gasteiger partial charge in [0.05, 0.1) is 19.8 Å². The Bertz CT molecular complexity index is 842. The lowest BCUT2D eigenvalue weighted by Gasteiger charge is -2.18. The second kappa shape index (κ2) is 6.72. The van der Waals surface area contributed by atoms with E-state index in [-0.39, 0.29) is 24.1 Å². The standard InChI is InChI=1S/C18H16O7/c1-22-14-7-6-11(16(17(14)23-2)24-9-15(19)20)10-4-3-5-12-13(10)8-25-18(12)21/h3-7H,8-9H2,1-2H3,(H,19,20). The van der Waals surface area contributed by atoms with Crippen LogP contribution < -0.4 is 14.2 Å². The first-order chi connectivity index (χ1) is 12.1. The number of carboxylic acids is 1. The summed E-state index contributed by atoms with van der Waals surface area (Å²) in [6.45, 7) is -0.391. The quantitative estimate of drug-likeness (QED) is 0.805. The van der Waals surface area contributed by atoms with E-state index in [9.17, 15) is 9.59 Å². The van der Waals surface area contributed by atoms with Crippen molar-refractivity contribution in [3.05, 3.63) is 41.5 Å². The van der Waals surface area contributed by atoms with Crippen molar-refractivity contribution >= 4 is 11.9 Å². The van der Waals surface area contributed by atoms with Crippen LogP contribution in [0.4, 0.5) is 0 Å². The van der Waals surface area contributed by atoms with Crippen molar-refractivity contribution in [2.45, 2.75) is 6.61 Å². The largest absolute Gasteiger partial charge is 0.493 e. The molecule has 7 heteroatoms. The number of hydrogen-bond donors (Lipinski definition) is 1. The SMILES string of the molecule is COc1ccc(-c2cccc3c2COC3=O)c(OCC(=O)O)c1OC. The summed E-state index contributed by atoms with van der Waals surface area (Å²) in [5.41, 5.74) is 2.51. The lowest BCUT2D eigenvalue weighted by Crippen LogP contribution is -2.11. The Morgan fingerprint density at radius 2 is 1.84 bits per heavy atom. The third kappa shape index (κ3) is 2.96. The number of rotatable bonds is 6. The summed E-state index contributed by atoms with van der Waals surface area (Å²) in [6.07, 6.45) is 0. The zero-order valence-electron chi connectivity index (χ0n) is 13.7. The van der Waals surface area contributed by atoms with Gasteiger partial charge in [-0.3, -0.25) is 0 Å². The molecule has 0 aromatic heterocycles. The van der Waals surface area contributed by atoms with E-state index >= 15 is 0 Å². The van der Waals surface area contributed by atoms with Crippen molar-refractivity contribution in [3.63, 3.8) is 0 Å². The van der Waals surface area contributed by atoms with Crippen LogP contribution in [0, 0.1) is 0 Å². The highest BCUT2D eigenvalue weighted by Gasteiger charge is 2.27. The maximum atomic E-state index is 11.8. The fourth-order valence-electron chi connectivity index (χ4n) is 2.79. The summed E-state index contributed by atoms with van der Waals surface area (Å²) in [6, 6.07) is 8.66. The highest BCUT2D eigenvalue weighted by atomic mass is 16.5. The Morgan fingerprint density at radius 3 is 2.52 bits per heavy atom. The minimum Gasteiger partial charge on any atom is -0.493 e. The zero-order valence-corrected chi connectivity index (χ0v) is 13.7. The van der Waals surface area contributed by atoms with Gasteiger partial charge in [0.15, 0.2) is 18.1 Å². The molecule has 1 N–H and O–H groups in total. The number of cyclic esters (lactones) is 1. The van der Waals surface area contributed by atoms with Gasteiger partial charge in [-0.25, -0.2) is 9.59 Å². The molecule has 7 nitrogen and oxygen atoms in total. The van der Waals surface area contributed by atoms with E-state index in [0.29, 0.717) is 22.4 Å². The van der Waals surface area contributed by atoms with Crippen molar-refractivity contribution in [2.24, 2.45) is 0 Å². The molecule has 0 radical (unpaired) electrons. The molecule has 1 heterocycles. The van der Waals surface area contributed by atoms with Crippen molar-refractivity contribution in [2.75, 3.05) is 20.8 Å². The topological polar surface area (TPSA) is 91.3 Å². The van der Waals surface area contributed by atoms with E-state index < -0.39 is 12.6 Å². The minimum absolute atomic E-state index is 0.150. The first-order valence-electron chi connectivity index (χ1n) is 7.45. The molecule has 0 atom stereocenters. The van der Waals surface area contributed by atoms with Gasteiger partial charge in [-0.05, 0) is 23.8 Å². The monoisotopic (exact) mass is 344 g/mol. The summed E-state index contributed by atoms with van der Waals surface area (Å²) in [7, 11) is 2.92. The number of esters is 1. The first kappa shape index (κ1) is 16.6. The van der Waals surface area contributed by atoms with Crippen molar-refractivity contribution < 1.29 is 33.6 Å². The van der Waals surface area contributed by atoms with Crippen LogP contribution in [0.2, 0.25) is 0 Å². The lowest BCUT2D eigenvalue weighted by molar-refractivity contribution is -0.139. The number of methoxy groups -OCH3 is 2.